The molecule has 0 aliphatic heterocycles. The lowest BCUT2D eigenvalue weighted by Gasteiger charge is -2.07. The number of aromatic hydroxyl groups is 1. The summed E-state index contributed by atoms with van der Waals surface area (Å²) < 4.78 is 5.02. The first-order valence-corrected chi connectivity index (χ1v) is 9.18. The van der Waals surface area contributed by atoms with Gasteiger partial charge in [0, 0.05) is 22.6 Å². The fraction of sp³-hybridized carbons (Fsp3) is 0.211. The fourth-order valence-corrected chi connectivity index (χ4v) is 3.45. The molecule has 1 amide bonds. The van der Waals surface area contributed by atoms with Gasteiger partial charge in [-0.05, 0) is 38.5 Å². The summed E-state index contributed by atoms with van der Waals surface area (Å²) in [5, 5.41) is 32.9. The van der Waals surface area contributed by atoms with Crippen molar-refractivity contribution in [2.24, 2.45) is 0 Å². The second-order valence-corrected chi connectivity index (χ2v) is 7.06. The molecule has 0 saturated heterocycles. The smallest absolute Gasteiger partial charge is 0.341 e. The van der Waals surface area contributed by atoms with E-state index < -0.39 is 22.4 Å². The minimum absolute atomic E-state index is 0.0601. The predicted octanol–water partition coefficient (Wildman–Crippen LogP) is 3.70. The van der Waals surface area contributed by atoms with Crippen molar-refractivity contribution >= 4 is 40.0 Å². The number of nitrogens with one attached hydrogen (secondary N) is 1. The molecule has 0 atom stereocenters. The van der Waals surface area contributed by atoms with E-state index in [1.165, 1.54) is 0 Å². The van der Waals surface area contributed by atoms with Gasteiger partial charge in [-0.3, -0.25) is 14.9 Å². The molecule has 0 unspecified atom stereocenters. The number of amides is 1. The zero-order valence-electron chi connectivity index (χ0n) is 15.8. The zero-order chi connectivity index (χ0) is 21.7. The Bertz CT molecular complexity index is 1060. The summed E-state index contributed by atoms with van der Waals surface area (Å²) in [5.41, 5.74) is 0.0935. The number of anilines is 1. The molecule has 0 fully saturated rings. The number of non-ortho nitro benzene ring substituents is 1. The molecule has 0 spiro atoms. The number of phenols is 1. The molecular formula is C19H17N3O6S. The summed E-state index contributed by atoms with van der Waals surface area (Å²) >= 11 is 1.16. The van der Waals surface area contributed by atoms with Gasteiger partial charge in [-0.2, -0.15) is 5.26 Å². The molecule has 0 radical (unpaired) electrons. The molecule has 2 rings (SSSR count). The molecule has 2 aromatic rings. The van der Waals surface area contributed by atoms with E-state index in [1.807, 2.05) is 0 Å². The second kappa shape index (κ2) is 8.99. The van der Waals surface area contributed by atoms with Crippen LogP contribution in [0.2, 0.25) is 0 Å². The van der Waals surface area contributed by atoms with E-state index in [4.69, 9.17) is 4.74 Å². The highest BCUT2D eigenvalue weighted by molar-refractivity contribution is 7.16. The topological polar surface area (TPSA) is 143 Å². The summed E-state index contributed by atoms with van der Waals surface area (Å²) in [6, 6.07) is 4.94. The fourth-order valence-electron chi connectivity index (χ4n) is 2.41. The number of carbonyl (C=O) groups excluding carboxylic acids is 2. The van der Waals surface area contributed by atoms with Gasteiger partial charge in [0.2, 0.25) is 0 Å². The minimum atomic E-state index is -0.829. The van der Waals surface area contributed by atoms with Gasteiger partial charge in [0.05, 0.1) is 17.1 Å². The number of thiophene rings is 1. The Morgan fingerprint density at radius 3 is 2.69 bits per heavy atom. The van der Waals surface area contributed by atoms with Crippen molar-refractivity contribution in [3.8, 4) is 11.8 Å². The summed E-state index contributed by atoms with van der Waals surface area (Å²) in [6.07, 6.45) is 1.04. The molecule has 0 bridgehead atoms. The quantitative estimate of drug-likeness (QED) is 0.241. The van der Waals surface area contributed by atoms with Crippen molar-refractivity contribution in [1.82, 2.24) is 0 Å². The first-order chi connectivity index (χ1) is 13.7. The average Bonchev–Trinajstić information content (AvgIpc) is 2.94. The lowest BCUT2D eigenvalue weighted by atomic mass is 10.1. The molecule has 0 saturated carbocycles. The number of hydrogen-bond donors (Lipinski definition) is 2. The summed E-state index contributed by atoms with van der Waals surface area (Å²) in [4.78, 5) is 35.8. The van der Waals surface area contributed by atoms with Gasteiger partial charge in [-0.25, -0.2) is 4.79 Å². The summed E-state index contributed by atoms with van der Waals surface area (Å²) in [7, 11) is 0. The van der Waals surface area contributed by atoms with Crippen LogP contribution in [-0.2, 0) is 9.53 Å². The third-order valence-electron chi connectivity index (χ3n) is 3.98. The maximum atomic E-state index is 12.6. The Morgan fingerprint density at radius 2 is 2.10 bits per heavy atom. The standard InChI is InChI=1S/C19H17N3O6S/c1-4-28-19(25)16-10(2)11(3)29-18(16)21-17(24)13(9-20)7-12-8-14(22(26)27)5-6-15(12)23/h5-8,23H,4H2,1-3H3,(H,21,24). The average molecular weight is 415 g/mol. The van der Waals surface area contributed by atoms with Crippen LogP contribution in [0.4, 0.5) is 10.7 Å². The number of rotatable bonds is 6. The van der Waals surface area contributed by atoms with Crippen molar-refractivity contribution in [3.63, 3.8) is 0 Å². The van der Waals surface area contributed by atoms with Crippen molar-refractivity contribution in [2.75, 3.05) is 11.9 Å². The number of nitro benzene ring substituents is 1. The van der Waals surface area contributed by atoms with Crippen molar-refractivity contribution in [2.45, 2.75) is 20.8 Å². The van der Waals surface area contributed by atoms with Crippen LogP contribution >= 0.6 is 11.3 Å². The SMILES string of the molecule is CCOC(=O)c1c(NC(=O)C(C#N)=Cc2cc([N+](=O)[O-])ccc2O)sc(C)c1C. The van der Waals surface area contributed by atoms with Gasteiger partial charge >= 0.3 is 5.97 Å². The van der Waals surface area contributed by atoms with Crippen LogP contribution in [-0.4, -0.2) is 28.5 Å². The van der Waals surface area contributed by atoms with Gasteiger partial charge < -0.3 is 15.2 Å². The van der Waals surface area contributed by atoms with E-state index in [2.05, 4.69) is 5.32 Å². The van der Waals surface area contributed by atoms with E-state index in [0.29, 0.717) is 5.56 Å². The van der Waals surface area contributed by atoms with E-state index >= 15 is 0 Å². The van der Waals surface area contributed by atoms with Gasteiger partial charge in [-0.1, -0.05) is 0 Å². The lowest BCUT2D eigenvalue weighted by Crippen LogP contribution is -2.16. The molecule has 1 aromatic heterocycles. The van der Waals surface area contributed by atoms with Crippen LogP contribution in [0.25, 0.3) is 6.08 Å². The van der Waals surface area contributed by atoms with Crippen molar-refractivity contribution in [3.05, 3.63) is 55.5 Å². The molecule has 2 N–H and O–H groups in total. The van der Waals surface area contributed by atoms with E-state index in [-0.39, 0.29) is 34.2 Å². The normalized spacial score (nSPS) is 10.9. The molecule has 1 aromatic carbocycles. The number of nitro groups is 1. The first kappa shape index (κ1) is 21.6. The van der Waals surface area contributed by atoms with Crippen LogP contribution in [0.15, 0.2) is 23.8 Å². The van der Waals surface area contributed by atoms with Crippen LogP contribution in [0.3, 0.4) is 0 Å². The molecule has 0 aliphatic rings. The largest absolute Gasteiger partial charge is 0.507 e. The molecule has 10 heteroatoms. The Hall–Kier alpha value is -3.71. The van der Waals surface area contributed by atoms with Crippen LogP contribution in [0.5, 0.6) is 5.75 Å². The summed E-state index contributed by atoms with van der Waals surface area (Å²) in [6.45, 7) is 5.32. The number of nitrogens with zero attached hydrogens (tertiary/aromatic N) is 2. The Balaban J connectivity index is 2.40. The second-order valence-electron chi connectivity index (χ2n) is 5.83. The van der Waals surface area contributed by atoms with E-state index in [0.717, 1.165) is 40.5 Å². The third kappa shape index (κ3) is 4.77. The molecular weight excluding hydrogens is 398 g/mol. The van der Waals surface area contributed by atoms with E-state index in [9.17, 15) is 30.1 Å². The number of nitriles is 1. The maximum Gasteiger partial charge on any atom is 0.341 e. The molecule has 1 heterocycles. The zero-order valence-corrected chi connectivity index (χ0v) is 16.6. The van der Waals surface area contributed by atoms with Crippen molar-refractivity contribution < 1.29 is 24.4 Å². The Morgan fingerprint density at radius 1 is 1.41 bits per heavy atom. The minimum Gasteiger partial charge on any atom is -0.507 e. The van der Waals surface area contributed by atoms with Gasteiger partial charge in [0.1, 0.15) is 22.4 Å². The van der Waals surface area contributed by atoms with Gasteiger partial charge in [0.25, 0.3) is 11.6 Å². The molecule has 9 nitrogen and oxygen atoms in total. The van der Waals surface area contributed by atoms with Crippen LogP contribution in [0.1, 0.15) is 33.3 Å². The molecule has 29 heavy (non-hydrogen) atoms. The van der Waals surface area contributed by atoms with Crippen LogP contribution in [0, 0.1) is 35.3 Å². The number of ether oxygens (including phenoxy) is 1. The maximum absolute atomic E-state index is 12.6. The van der Waals surface area contributed by atoms with Gasteiger partial charge in [0.15, 0.2) is 0 Å². The number of carbonyl (C=O) groups is 2. The lowest BCUT2D eigenvalue weighted by molar-refractivity contribution is -0.384. The van der Waals surface area contributed by atoms with E-state index in [1.54, 1.807) is 26.8 Å². The number of phenolic OH excluding ortho intramolecular Hbond substituents is 1. The highest BCUT2D eigenvalue weighted by Gasteiger charge is 2.23. The van der Waals surface area contributed by atoms with Gasteiger partial charge in [-0.15, -0.1) is 11.3 Å². The monoisotopic (exact) mass is 415 g/mol. The number of benzene rings is 1. The third-order valence-corrected chi connectivity index (χ3v) is 5.10. The number of esters is 1. The highest BCUT2D eigenvalue weighted by atomic mass is 32.1. The molecule has 0 aliphatic carbocycles. The number of hydrogen-bond acceptors (Lipinski definition) is 8. The van der Waals surface area contributed by atoms with Crippen LogP contribution < -0.4 is 5.32 Å². The Labute approximate surface area is 170 Å². The highest BCUT2D eigenvalue weighted by Crippen LogP contribution is 2.33. The predicted molar refractivity (Wildman–Crippen MR) is 107 cm³/mol. The first-order valence-electron chi connectivity index (χ1n) is 8.37. The Kier molecular flexibility index (Phi) is 6.69. The van der Waals surface area contributed by atoms with Crippen molar-refractivity contribution in [1.29, 1.82) is 5.26 Å². The summed E-state index contributed by atoms with van der Waals surface area (Å²) in [5.74, 6) is -1.75. The molecule has 150 valence electrons. The number of aryl methyl sites for hydroxylation is 1.